The van der Waals surface area contributed by atoms with Gasteiger partial charge in [0.05, 0.1) is 11.7 Å². The molecular weight excluding hydrogens is 296 g/mol. The van der Waals surface area contributed by atoms with Gasteiger partial charge in [-0.05, 0) is 47.1 Å². The molecule has 0 radical (unpaired) electrons. The summed E-state index contributed by atoms with van der Waals surface area (Å²) in [5, 5.41) is 13.1. The lowest BCUT2D eigenvalue weighted by molar-refractivity contribution is 0.202. The molecule has 1 N–H and O–H groups in total. The summed E-state index contributed by atoms with van der Waals surface area (Å²) >= 11 is 1.53. The first-order valence-corrected chi connectivity index (χ1v) is 8.53. The van der Waals surface area contributed by atoms with Crippen LogP contribution >= 0.6 is 11.3 Å². The Labute approximate surface area is 135 Å². The Kier molecular flexibility index (Phi) is 4.35. The van der Waals surface area contributed by atoms with Gasteiger partial charge in [-0.3, -0.25) is 4.90 Å². The molecule has 0 bridgehead atoms. The first-order valence-electron chi connectivity index (χ1n) is 7.71. The summed E-state index contributed by atoms with van der Waals surface area (Å²) in [6.45, 7) is 9.52. The molecule has 1 fully saturated rings. The number of rotatable bonds is 4. The van der Waals surface area contributed by atoms with Gasteiger partial charge in [-0.2, -0.15) is 0 Å². The van der Waals surface area contributed by atoms with Crippen molar-refractivity contribution in [1.29, 1.82) is 0 Å². The van der Waals surface area contributed by atoms with Crippen molar-refractivity contribution in [2.45, 2.75) is 52.6 Å². The SMILES string of the molecule is Cc1nc(Nc2nnc(C)s2)cc(C2CCCN2C(C)C)n1. The van der Waals surface area contributed by atoms with Gasteiger partial charge in [-0.1, -0.05) is 11.3 Å². The van der Waals surface area contributed by atoms with Crippen molar-refractivity contribution in [2.75, 3.05) is 11.9 Å². The van der Waals surface area contributed by atoms with E-state index in [4.69, 9.17) is 0 Å². The molecule has 2 aromatic rings. The minimum absolute atomic E-state index is 0.387. The Morgan fingerprint density at radius 3 is 2.77 bits per heavy atom. The van der Waals surface area contributed by atoms with Gasteiger partial charge in [0.2, 0.25) is 5.13 Å². The summed E-state index contributed by atoms with van der Waals surface area (Å²) in [5.74, 6) is 1.59. The van der Waals surface area contributed by atoms with Gasteiger partial charge in [-0.25, -0.2) is 9.97 Å². The van der Waals surface area contributed by atoms with Crippen LogP contribution in [0.3, 0.4) is 0 Å². The van der Waals surface area contributed by atoms with E-state index in [-0.39, 0.29) is 0 Å². The Morgan fingerprint density at radius 1 is 1.27 bits per heavy atom. The van der Waals surface area contributed by atoms with Crippen LogP contribution in [0.1, 0.15) is 49.3 Å². The summed E-state index contributed by atoms with van der Waals surface area (Å²) in [6.07, 6.45) is 2.39. The highest BCUT2D eigenvalue weighted by molar-refractivity contribution is 7.15. The summed E-state index contributed by atoms with van der Waals surface area (Å²) < 4.78 is 0. The predicted octanol–water partition coefficient (Wildman–Crippen LogP) is 3.23. The fourth-order valence-corrected chi connectivity index (χ4v) is 3.61. The zero-order chi connectivity index (χ0) is 15.7. The highest BCUT2D eigenvalue weighted by Gasteiger charge is 2.29. The number of nitrogens with zero attached hydrogens (tertiary/aromatic N) is 5. The normalized spacial score (nSPS) is 19.0. The van der Waals surface area contributed by atoms with Crippen LogP contribution in [0.15, 0.2) is 6.07 Å². The third kappa shape index (κ3) is 3.25. The van der Waals surface area contributed by atoms with E-state index in [1.54, 1.807) is 0 Å². The van der Waals surface area contributed by atoms with E-state index < -0.39 is 0 Å². The van der Waals surface area contributed by atoms with Crippen molar-refractivity contribution in [1.82, 2.24) is 25.1 Å². The van der Waals surface area contributed by atoms with Crippen LogP contribution in [-0.4, -0.2) is 37.7 Å². The van der Waals surface area contributed by atoms with Crippen LogP contribution in [0.25, 0.3) is 0 Å². The maximum absolute atomic E-state index is 4.67. The molecule has 2 aromatic heterocycles. The van der Waals surface area contributed by atoms with Gasteiger partial charge in [0.25, 0.3) is 0 Å². The summed E-state index contributed by atoms with van der Waals surface area (Å²) in [7, 11) is 0. The van der Waals surface area contributed by atoms with Gasteiger partial charge in [0.1, 0.15) is 16.6 Å². The molecule has 118 valence electrons. The second-order valence-corrected chi connectivity index (χ2v) is 7.15. The molecule has 0 aromatic carbocycles. The number of aromatic nitrogens is 4. The molecule has 22 heavy (non-hydrogen) atoms. The van der Waals surface area contributed by atoms with Crippen LogP contribution in [0, 0.1) is 13.8 Å². The zero-order valence-electron chi connectivity index (χ0n) is 13.5. The minimum atomic E-state index is 0.387. The average Bonchev–Trinajstić information content (AvgIpc) is 3.07. The van der Waals surface area contributed by atoms with Gasteiger partial charge >= 0.3 is 0 Å². The zero-order valence-corrected chi connectivity index (χ0v) is 14.3. The molecule has 3 rings (SSSR count). The van der Waals surface area contributed by atoms with Crippen molar-refractivity contribution in [3.05, 3.63) is 22.6 Å². The molecule has 0 amide bonds. The van der Waals surface area contributed by atoms with Crippen LogP contribution in [0.4, 0.5) is 10.9 Å². The van der Waals surface area contributed by atoms with E-state index in [1.807, 2.05) is 13.8 Å². The Balaban J connectivity index is 1.86. The van der Waals surface area contributed by atoms with E-state index in [2.05, 4.69) is 50.3 Å². The molecule has 0 saturated carbocycles. The molecule has 0 aliphatic carbocycles. The fourth-order valence-electron chi connectivity index (χ4n) is 3.01. The molecule has 6 nitrogen and oxygen atoms in total. The molecule has 1 atom stereocenters. The highest BCUT2D eigenvalue weighted by atomic mass is 32.1. The van der Waals surface area contributed by atoms with E-state index in [0.717, 1.165) is 40.4 Å². The topological polar surface area (TPSA) is 66.8 Å². The standard InChI is InChI=1S/C15H22N6S/c1-9(2)21-7-5-6-13(21)12-8-14(17-10(3)16-12)18-15-20-19-11(4)22-15/h8-9,13H,5-7H2,1-4H3,(H,16,17,18,20). The van der Waals surface area contributed by atoms with Gasteiger partial charge < -0.3 is 5.32 Å². The maximum Gasteiger partial charge on any atom is 0.211 e. The quantitative estimate of drug-likeness (QED) is 0.933. The molecular formula is C15H22N6S. The summed E-state index contributed by atoms with van der Waals surface area (Å²) in [4.78, 5) is 11.7. The summed E-state index contributed by atoms with van der Waals surface area (Å²) in [6, 6.07) is 2.97. The largest absolute Gasteiger partial charge is 0.315 e. The molecule has 1 aliphatic heterocycles. The van der Waals surface area contributed by atoms with E-state index in [0.29, 0.717) is 12.1 Å². The Hall–Kier alpha value is -1.60. The van der Waals surface area contributed by atoms with Gasteiger partial charge in [0.15, 0.2) is 0 Å². The van der Waals surface area contributed by atoms with Gasteiger partial charge in [0, 0.05) is 12.1 Å². The maximum atomic E-state index is 4.67. The predicted molar refractivity (Wildman–Crippen MR) is 88.5 cm³/mol. The first-order chi connectivity index (χ1) is 10.5. The van der Waals surface area contributed by atoms with Crippen molar-refractivity contribution < 1.29 is 0 Å². The van der Waals surface area contributed by atoms with Crippen molar-refractivity contribution in [3.63, 3.8) is 0 Å². The first kappa shape index (κ1) is 15.3. The van der Waals surface area contributed by atoms with Crippen LogP contribution in [-0.2, 0) is 0 Å². The third-order valence-corrected chi connectivity index (χ3v) is 4.67. The summed E-state index contributed by atoms with van der Waals surface area (Å²) in [5.41, 5.74) is 1.10. The minimum Gasteiger partial charge on any atom is -0.315 e. The van der Waals surface area contributed by atoms with Crippen LogP contribution < -0.4 is 5.32 Å². The van der Waals surface area contributed by atoms with E-state index in [1.165, 1.54) is 17.8 Å². The smallest absolute Gasteiger partial charge is 0.211 e. The lowest BCUT2D eigenvalue weighted by atomic mass is 10.1. The van der Waals surface area contributed by atoms with E-state index in [9.17, 15) is 0 Å². The number of anilines is 2. The third-order valence-electron chi connectivity index (χ3n) is 3.92. The lowest BCUT2D eigenvalue weighted by Gasteiger charge is -2.28. The number of aryl methyl sites for hydroxylation is 2. The average molecular weight is 318 g/mol. The van der Waals surface area contributed by atoms with Crippen molar-refractivity contribution in [2.24, 2.45) is 0 Å². The van der Waals surface area contributed by atoms with Gasteiger partial charge in [-0.15, -0.1) is 10.2 Å². The van der Waals surface area contributed by atoms with Crippen molar-refractivity contribution in [3.8, 4) is 0 Å². The number of nitrogens with one attached hydrogen (secondary N) is 1. The molecule has 1 aliphatic rings. The number of hydrogen-bond acceptors (Lipinski definition) is 7. The number of likely N-dealkylation sites (tertiary alicyclic amines) is 1. The van der Waals surface area contributed by atoms with Crippen molar-refractivity contribution >= 4 is 22.3 Å². The lowest BCUT2D eigenvalue weighted by Crippen LogP contribution is -2.30. The van der Waals surface area contributed by atoms with Crippen LogP contribution in [0.2, 0.25) is 0 Å². The Morgan fingerprint density at radius 2 is 2.09 bits per heavy atom. The molecule has 7 heteroatoms. The second kappa shape index (κ2) is 6.26. The molecule has 1 unspecified atom stereocenters. The molecule has 0 spiro atoms. The van der Waals surface area contributed by atoms with E-state index >= 15 is 0 Å². The Bertz CT molecular complexity index is 653. The second-order valence-electron chi connectivity index (χ2n) is 5.97. The number of hydrogen-bond donors (Lipinski definition) is 1. The molecule has 1 saturated heterocycles. The highest BCUT2D eigenvalue weighted by Crippen LogP contribution is 2.33. The molecule has 3 heterocycles. The fraction of sp³-hybridized carbons (Fsp3) is 0.600. The van der Waals surface area contributed by atoms with Crippen LogP contribution in [0.5, 0.6) is 0 Å². The monoisotopic (exact) mass is 318 g/mol.